The summed E-state index contributed by atoms with van der Waals surface area (Å²) in [4.78, 5) is 35.2. The van der Waals surface area contributed by atoms with E-state index in [4.69, 9.17) is 10.2 Å². The Hall–Kier alpha value is -2.57. The zero-order chi connectivity index (χ0) is 15.4. The van der Waals surface area contributed by atoms with Crippen molar-refractivity contribution in [2.75, 3.05) is 11.4 Å². The molecule has 0 radical (unpaired) electrons. The van der Waals surface area contributed by atoms with E-state index in [0.717, 1.165) is 17.7 Å². The van der Waals surface area contributed by atoms with Gasteiger partial charge in [-0.1, -0.05) is 18.2 Å². The van der Waals surface area contributed by atoms with Crippen LogP contribution < -0.4 is 10.2 Å². The van der Waals surface area contributed by atoms with E-state index >= 15 is 0 Å². The lowest BCUT2D eigenvalue weighted by Crippen LogP contribution is -2.47. The van der Waals surface area contributed by atoms with Gasteiger partial charge in [0.2, 0.25) is 0 Å². The van der Waals surface area contributed by atoms with E-state index < -0.39 is 24.0 Å². The average Bonchev–Trinajstić information content (AvgIpc) is 2.86. The number of nitrogens with zero attached hydrogens (tertiary/aromatic N) is 1. The minimum atomic E-state index is -1.24. The fraction of sp³-hybridized carbons (Fsp3) is 0.357. The van der Waals surface area contributed by atoms with Crippen molar-refractivity contribution in [3.63, 3.8) is 0 Å². The molecule has 112 valence electrons. The number of carbonyl (C=O) groups is 3. The predicted octanol–water partition coefficient (Wildman–Crippen LogP) is 1.08. The van der Waals surface area contributed by atoms with Crippen LogP contribution in [0.2, 0.25) is 0 Å². The second kappa shape index (κ2) is 6.25. The van der Waals surface area contributed by atoms with Gasteiger partial charge in [0, 0.05) is 18.7 Å². The molecular weight excluding hydrogens is 276 g/mol. The molecule has 1 heterocycles. The number of hydrogen-bond donors (Lipinski definition) is 3. The molecule has 1 aliphatic heterocycles. The number of nitrogens with one attached hydrogen (secondary N) is 1. The molecule has 0 saturated heterocycles. The molecule has 1 aromatic rings. The van der Waals surface area contributed by atoms with Crippen molar-refractivity contribution in [2.24, 2.45) is 0 Å². The van der Waals surface area contributed by atoms with Gasteiger partial charge >= 0.3 is 18.0 Å². The first kappa shape index (κ1) is 14.8. The molecule has 7 nitrogen and oxygen atoms in total. The van der Waals surface area contributed by atoms with Crippen LogP contribution in [0.15, 0.2) is 24.3 Å². The van der Waals surface area contributed by atoms with Gasteiger partial charge in [-0.15, -0.1) is 0 Å². The maximum atomic E-state index is 12.2. The predicted molar refractivity (Wildman–Crippen MR) is 74.3 cm³/mol. The minimum Gasteiger partial charge on any atom is -0.481 e. The zero-order valence-corrected chi connectivity index (χ0v) is 11.3. The van der Waals surface area contributed by atoms with Gasteiger partial charge in [-0.3, -0.25) is 9.69 Å². The number of benzene rings is 1. The fourth-order valence-corrected chi connectivity index (χ4v) is 2.30. The van der Waals surface area contributed by atoms with Gasteiger partial charge in [-0.05, 0) is 24.5 Å². The molecule has 0 saturated carbocycles. The van der Waals surface area contributed by atoms with Gasteiger partial charge in [-0.25, -0.2) is 9.59 Å². The van der Waals surface area contributed by atoms with Crippen LogP contribution in [0, 0.1) is 0 Å². The second-order valence-electron chi connectivity index (χ2n) is 4.80. The van der Waals surface area contributed by atoms with Crippen molar-refractivity contribution >= 4 is 23.7 Å². The molecule has 1 atom stereocenters. The van der Waals surface area contributed by atoms with Crippen LogP contribution in [0.1, 0.15) is 18.4 Å². The summed E-state index contributed by atoms with van der Waals surface area (Å²) in [6.07, 6.45) is 0.260. The summed E-state index contributed by atoms with van der Waals surface area (Å²) in [6, 6.07) is 5.69. The van der Waals surface area contributed by atoms with Gasteiger partial charge in [-0.2, -0.15) is 0 Å². The third kappa shape index (κ3) is 3.50. The van der Waals surface area contributed by atoms with E-state index in [1.807, 2.05) is 18.2 Å². The third-order valence-electron chi connectivity index (χ3n) is 3.37. The van der Waals surface area contributed by atoms with Crippen molar-refractivity contribution < 1.29 is 24.6 Å². The number of aliphatic carboxylic acids is 2. The number of carbonyl (C=O) groups excluding carboxylic acids is 1. The van der Waals surface area contributed by atoms with Crippen LogP contribution in [0.5, 0.6) is 0 Å². The van der Waals surface area contributed by atoms with Gasteiger partial charge in [0.1, 0.15) is 6.04 Å². The second-order valence-corrected chi connectivity index (χ2v) is 4.80. The third-order valence-corrected chi connectivity index (χ3v) is 3.37. The number of urea groups is 1. The van der Waals surface area contributed by atoms with E-state index in [2.05, 4.69) is 5.32 Å². The highest BCUT2D eigenvalue weighted by Gasteiger charge is 2.28. The summed E-state index contributed by atoms with van der Waals surface area (Å²) in [5.41, 5.74) is 1.79. The fourth-order valence-electron chi connectivity index (χ4n) is 2.30. The van der Waals surface area contributed by atoms with Gasteiger partial charge in [0.25, 0.3) is 0 Å². The smallest absolute Gasteiger partial charge is 0.326 e. The highest BCUT2D eigenvalue weighted by molar-refractivity contribution is 5.96. The minimum absolute atomic E-state index is 0.147. The Morgan fingerprint density at radius 3 is 2.62 bits per heavy atom. The van der Waals surface area contributed by atoms with Gasteiger partial charge in [0.15, 0.2) is 0 Å². The van der Waals surface area contributed by atoms with Crippen molar-refractivity contribution in [1.29, 1.82) is 0 Å². The van der Waals surface area contributed by atoms with E-state index in [1.54, 1.807) is 6.07 Å². The molecule has 0 bridgehead atoms. The summed E-state index contributed by atoms with van der Waals surface area (Å²) in [5.74, 6) is -2.33. The van der Waals surface area contributed by atoms with Crippen molar-refractivity contribution in [1.82, 2.24) is 5.32 Å². The van der Waals surface area contributed by atoms with Crippen molar-refractivity contribution in [3.8, 4) is 0 Å². The number of carboxylic acids is 2. The molecule has 1 aliphatic rings. The first-order valence-corrected chi connectivity index (χ1v) is 6.59. The zero-order valence-electron chi connectivity index (χ0n) is 11.3. The molecule has 0 aromatic heterocycles. The molecule has 3 N–H and O–H groups in total. The SMILES string of the molecule is O=C(O)CC[C@@H](NC(=O)N1CCc2ccccc21)C(=O)O. The summed E-state index contributed by atoms with van der Waals surface area (Å²) < 4.78 is 0. The van der Waals surface area contributed by atoms with Crippen LogP contribution in [-0.4, -0.2) is 40.8 Å². The lowest BCUT2D eigenvalue weighted by molar-refractivity contribution is -0.140. The maximum absolute atomic E-state index is 12.2. The van der Waals surface area contributed by atoms with E-state index in [1.165, 1.54) is 4.90 Å². The summed E-state index contributed by atoms with van der Waals surface area (Å²) in [5, 5.41) is 20.0. The number of fused-ring (bicyclic) bond motifs is 1. The molecule has 2 rings (SSSR count). The Balaban J connectivity index is 2.03. The summed E-state index contributed by atoms with van der Waals surface area (Å²) >= 11 is 0. The van der Waals surface area contributed by atoms with Crippen LogP contribution in [0.25, 0.3) is 0 Å². The van der Waals surface area contributed by atoms with Crippen LogP contribution >= 0.6 is 0 Å². The monoisotopic (exact) mass is 292 g/mol. The summed E-state index contributed by atoms with van der Waals surface area (Å²) in [6.45, 7) is 0.483. The molecule has 7 heteroatoms. The molecule has 21 heavy (non-hydrogen) atoms. The lowest BCUT2D eigenvalue weighted by Gasteiger charge is -2.21. The normalized spacial score (nSPS) is 14.4. The number of para-hydroxylation sites is 1. The molecule has 1 aromatic carbocycles. The van der Waals surface area contributed by atoms with Crippen LogP contribution in [0.3, 0.4) is 0 Å². The molecule has 0 fully saturated rings. The number of amides is 2. The first-order valence-electron chi connectivity index (χ1n) is 6.59. The Morgan fingerprint density at radius 2 is 1.95 bits per heavy atom. The molecular formula is C14H16N2O5. The quantitative estimate of drug-likeness (QED) is 0.752. The standard InChI is InChI=1S/C14H16N2O5/c17-12(18)6-5-10(13(19)20)15-14(21)16-8-7-9-3-1-2-4-11(9)16/h1-4,10H,5-8H2,(H,15,21)(H,17,18)(H,19,20)/t10-/m1/s1. The van der Waals surface area contributed by atoms with E-state index in [0.29, 0.717) is 6.54 Å². The Morgan fingerprint density at radius 1 is 1.24 bits per heavy atom. The summed E-state index contributed by atoms with van der Waals surface area (Å²) in [7, 11) is 0. The Labute approximate surface area is 121 Å². The maximum Gasteiger partial charge on any atom is 0.326 e. The lowest BCUT2D eigenvalue weighted by atomic mass is 10.1. The average molecular weight is 292 g/mol. The molecule has 0 aliphatic carbocycles. The van der Waals surface area contributed by atoms with Crippen molar-refractivity contribution in [3.05, 3.63) is 29.8 Å². The Kier molecular flexibility index (Phi) is 4.42. The molecule has 0 spiro atoms. The topological polar surface area (TPSA) is 107 Å². The van der Waals surface area contributed by atoms with Crippen molar-refractivity contribution in [2.45, 2.75) is 25.3 Å². The molecule has 0 unspecified atom stereocenters. The van der Waals surface area contributed by atoms with Crippen LogP contribution in [-0.2, 0) is 16.0 Å². The van der Waals surface area contributed by atoms with Gasteiger partial charge < -0.3 is 15.5 Å². The van der Waals surface area contributed by atoms with Crippen LogP contribution in [0.4, 0.5) is 10.5 Å². The molecule has 2 amide bonds. The Bertz CT molecular complexity index is 572. The number of carboxylic acid groups (broad SMARTS) is 2. The highest BCUT2D eigenvalue weighted by atomic mass is 16.4. The highest BCUT2D eigenvalue weighted by Crippen LogP contribution is 2.27. The van der Waals surface area contributed by atoms with E-state index in [9.17, 15) is 14.4 Å². The number of rotatable bonds is 5. The van der Waals surface area contributed by atoms with Gasteiger partial charge in [0.05, 0.1) is 0 Å². The first-order chi connectivity index (χ1) is 9.99. The number of anilines is 1. The number of hydrogen-bond acceptors (Lipinski definition) is 3. The largest absolute Gasteiger partial charge is 0.481 e. The van der Waals surface area contributed by atoms with E-state index in [-0.39, 0.29) is 12.8 Å².